The molecule has 5 nitrogen and oxygen atoms in total. The number of hydrogen-bond donors (Lipinski definition) is 2. The van der Waals surface area contributed by atoms with Gasteiger partial charge in [0.25, 0.3) is 5.91 Å². The molecule has 3 N–H and O–H groups in total. The highest BCUT2D eigenvalue weighted by atomic mass is 79.9. The van der Waals surface area contributed by atoms with Crippen LogP contribution in [-0.2, 0) is 0 Å². The van der Waals surface area contributed by atoms with E-state index in [2.05, 4.69) is 28.2 Å². The van der Waals surface area contributed by atoms with Crippen molar-refractivity contribution in [1.82, 2.24) is 5.32 Å². The minimum Gasteiger partial charge on any atom is -0.454 e. The number of rotatable bonds is 6. The number of carbonyl (C=O) groups excluding carboxylic acids is 1. The van der Waals surface area contributed by atoms with E-state index in [1.807, 2.05) is 0 Å². The fourth-order valence-electron chi connectivity index (χ4n) is 2.07. The third kappa shape index (κ3) is 3.43. The number of benzene rings is 1. The average Bonchev–Trinajstić information content (AvgIpc) is 2.92. The van der Waals surface area contributed by atoms with Gasteiger partial charge in [-0.2, -0.15) is 0 Å². The average molecular weight is 343 g/mol. The Balaban J connectivity index is 2.07. The molecule has 110 valence electrons. The summed E-state index contributed by atoms with van der Waals surface area (Å²) in [6, 6.07) is 3.43. The quantitative estimate of drug-likeness (QED) is 0.832. The van der Waals surface area contributed by atoms with E-state index in [-0.39, 0.29) is 18.7 Å². The lowest BCUT2D eigenvalue weighted by molar-refractivity contribution is 0.0935. The van der Waals surface area contributed by atoms with Crippen molar-refractivity contribution in [3.63, 3.8) is 0 Å². The van der Waals surface area contributed by atoms with Crippen molar-refractivity contribution in [3.05, 3.63) is 22.2 Å². The van der Waals surface area contributed by atoms with Crippen LogP contribution in [-0.4, -0.2) is 25.3 Å². The first kappa shape index (κ1) is 15.1. The van der Waals surface area contributed by atoms with Gasteiger partial charge in [-0.25, -0.2) is 0 Å². The fraction of sp³-hybridized carbons (Fsp3) is 0.500. The van der Waals surface area contributed by atoms with E-state index in [1.165, 1.54) is 0 Å². The number of ether oxygens (including phenoxy) is 2. The highest BCUT2D eigenvalue weighted by Gasteiger charge is 2.21. The van der Waals surface area contributed by atoms with Crippen molar-refractivity contribution in [2.75, 3.05) is 13.3 Å². The number of nitrogens with one attached hydrogen (secondary N) is 1. The molecular formula is C14H19BrN2O3. The van der Waals surface area contributed by atoms with E-state index in [0.717, 1.165) is 23.7 Å². The summed E-state index contributed by atoms with van der Waals surface area (Å²) in [5.74, 6) is 1.08. The lowest BCUT2D eigenvalue weighted by Crippen LogP contribution is -2.40. The molecule has 0 saturated carbocycles. The first-order valence-electron chi connectivity index (χ1n) is 6.75. The lowest BCUT2D eigenvalue weighted by atomic mass is 10.1. The van der Waals surface area contributed by atoms with Gasteiger partial charge in [0.1, 0.15) is 0 Å². The van der Waals surface area contributed by atoms with Gasteiger partial charge in [0, 0.05) is 18.2 Å². The van der Waals surface area contributed by atoms with Crippen LogP contribution in [0.1, 0.15) is 36.5 Å². The van der Waals surface area contributed by atoms with Gasteiger partial charge in [-0.15, -0.1) is 0 Å². The Morgan fingerprint density at radius 2 is 2.30 bits per heavy atom. The van der Waals surface area contributed by atoms with E-state index >= 15 is 0 Å². The lowest BCUT2D eigenvalue weighted by Gasteiger charge is -2.16. The van der Waals surface area contributed by atoms with Crippen molar-refractivity contribution < 1.29 is 14.3 Å². The van der Waals surface area contributed by atoms with Gasteiger partial charge in [-0.3, -0.25) is 4.79 Å². The molecule has 2 rings (SSSR count). The van der Waals surface area contributed by atoms with Crippen molar-refractivity contribution in [2.24, 2.45) is 5.73 Å². The van der Waals surface area contributed by atoms with Gasteiger partial charge in [0.05, 0.1) is 4.47 Å². The molecule has 0 bridgehead atoms. The monoisotopic (exact) mass is 342 g/mol. The fourth-order valence-corrected chi connectivity index (χ4v) is 2.62. The zero-order valence-corrected chi connectivity index (χ0v) is 13.0. The van der Waals surface area contributed by atoms with E-state index in [9.17, 15) is 4.79 Å². The molecule has 0 aromatic heterocycles. The van der Waals surface area contributed by atoms with Crippen molar-refractivity contribution >= 4 is 21.8 Å². The second-order valence-electron chi connectivity index (χ2n) is 4.74. The Kier molecular flexibility index (Phi) is 5.25. The van der Waals surface area contributed by atoms with Crippen LogP contribution >= 0.6 is 15.9 Å². The Morgan fingerprint density at radius 1 is 1.50 bits per heavy atom. The second kappa shape index (κ2) is 6.95. The molecule has 0 saturated heterocycles. The topological polar surface area (TPSA) is 73.6 Å². The van der Waals surface area contributed by atoms with Crippen LogP contribution < -0.4 is 20.5 Å². The molecule has 0 radical (unpaired) electrons. The van der Waals surface area contributed by atoms with Gasteiger partial charge < -0.3 is 20.5 Å². The van der Waals surface area contributed by atoms with Crippen LogP contribution in [0.25, 0.3) is 0 Å². The summed E-state index contributed by atoms with van der Waals surface area (Å²) in [5.41, 5.74) is 6.23. The van der Waals surface area contributed by atoms with E-state index in [4.69, 9.17) is 15.2 Å². The van der Waals surface area contributed by atoms with Gasteiger partial charge >= 0.3 is 0 Å². The number of nitrogens with two attached hydrogens (primary N) is 1. The molecule has 20 heavy (non-hydrogen) atoms. The normalized spacial score (nSPS) is 14.2. The molecule has 1 amide bonds. The minimum absolute atomic E-state index is 0.00616. The summed E-state index contributed by atoms with van der Waals surface area (Å²) in [7, 11) is 0. The summed E-state index contributed by atoms with van der Waals surface area (Å²) in [5, 5.41) is 2.96. The van der Waals surface area contributed by atoms with Crippen LogP contribution in [0.15, 0.2) is 16.6 Å². The van der Waals surface area contributed by atoms with E-state index < -0.39 is 0 Å². The SMILES string of the molecule is CCCCC(CN)NC(=O)c1cc(Br)c2c(c1)OCO2. The molecule has 1 heterocycles. The summed E-state index contributed by atoms with van der Waals surface area (Å²) in [6.07, 6.45) is 3.03. The predicted octanol–water partition coefficient (Wildman–Crippen LogP) is 2.43. The van der Waals surface area contributed by atoms with Crippen molar-refractivity contribution in [1.29, 1.82) is 0 Å². The second-order valence-corrected chi connectivity index (χ2v) is 5.59. The molecule has 1 aromatic rings. The van der Waals surface area contributed by atoms with Crippen LogP contribution in [0.3, 0.4) is 0 Å². The Labute approximate surface area is 126 Å². The molecule has 0 fully saturated rings. The molecule has 6 heteroatoms. The van der Waals surface area contributed by atoms with Crippen molar-refractivity contribution in [2.45, 2.75) is 32.2 Å². The van der Waals surface area contributed by atoms with Crippen LogP contribution in [0, 0.1) is 0 Å². The van der Waals surface area contributed by atoms with Gasteiger partial charge in [-0.05, 0) is 34.5 Å². The summed E-state index contributed by atoms with van der Waals surface area (Å²) in [4.78, 5) is 12.2. The highest BCUT2D eigenvalue weighted by Crippen LogP contribution is 2.39. The van der Waals surface area contributed by atoms with Crippen LogP contribution in [0.4, 0.5) is 0 Å². The van der Waals surface area contributed by atoms with Crippen molar-refractivity contribution in [3.8, 4) is 11.5 Å². The number of unbranched alkanes of at least 4 members (excludes halogenated alkanes) is 1. The number of amides is 1. The largest absolute Gasteiger partial charge is 0.454 e. The number of carbonyl (C=O) groups is 1. The molecule has 1 atom stereocenters. The number of halogens is 1. The highest BCUT2D eigenvalue weighted by molar-refractivity contribution is 9.10. The third-order valence-corrected chi connectivity index (χ3v) is 3.80. The molecule has 0 aliphatic carbocycles. The predicted molar refractivity (Wildman–Crippen MR) is 80.1 cm³/mol. The summed E-state index contributed by atoms with van der Waals surface area (Å²) in [6.45, 7) is 2.74. The Bertz CT molecular complexity index is 494. The maximum absolute atomic E-state index is 12.2. The molecule has 0 spiro atoms. The zero-order chi connectivity index (χ0) is 14.5. The first-order valence-corrected chi connectivity index (χ1v) is 7.55. The standard InChI is InChI=1S/C14H19BrN2O3/c1-2-3-4-10(7-16)17-14(18)9-5-11(15)13-12(6-9)19-8-20-13/h5-6,10H,2-4,7-8,16H2,1H3,(H,17,18). The Hall–Kier alpha value is -1.27. The molecular weight excluding hydrogens is 324 g/mol. The molecule has 1 unspecified atom stereocenters. The molecule has 1 aliphatic heterocycles. The smallest absolute Gasteiger partial charge is 0.251 e. The summed E-state index contributed by atoms with van der Waals surface area (Å²) >= 11 is 3.38. The maximum Gasteiger partial charge on any atom is 0.251 e. The maximum atomic E-state index is 12.2. The Morgan fingerprint density at radius 3 is 3.00 bits per heavy atom. The van der Waals surface area contributed by atoms with Gasteiger partial charge in [0.2, 0.25) is 6.79 Å². The van der Waals surface area contributed by atoms with E-state index in [1.54, 1.807) is 12.1 Å². The number of hydrogen-bond acceptors (Lipinski definition) is 4. The third-order valence-electron chi connectivity index (χ3n) is 3.22. The zero-order valence-electron chi connectivity index (χ0n) is 11.4. The van der Waals surface area contributed by atoms with Crippen LogP contribution in [0.2, 0.25) is 0 Å². The molecule has 1 aromatic carbocycles. The van der Waals surface area contributed by atoms with Gasteiger partial charge in [0.15, 0.2) is 11.5 Å². The van der Waals surface area contributed by atoms with E-state index in [0.29, 0.717) is 23.6 Å². The first-order chi connectivity index (χ1) is 9.65. The molecule has 1 aliphatic rings. The van der Waals surface area contributed by atoms with Gasteiger partial charge in [-0.1, -0.05) is 19.8 Å². The summed E-state index contributed by atoms with van der Waals surface area (Å²) < 4.78 is 11.3. The van der Waals surface area contributed by atoms with Crippen LogP contribution in [0.5, 0.6) is 11.5 Å². The minimum atomic E-state index is -0.143. The number of fused-ring (bicyclic) bond motifs is 1.